The largest absolute Gasteiger partial charge is 0.377 e. The second kappa shape index (κ2) is 9.82. The molecule has 6 rings (SSSR count). The second-order valence-corrected chi connectivity index (χ2v) is 9.60. The monoisotopic (exact) mass is 498 g/mol. The van der Waals surface area contributed by atoms with E-state index >= 15 is 0 Å². The molecule has 4 aromatic rings. The molecule has 9 nitrogen and oxygen atoms in total. The Hall–Kier alpha value is -3.98. The van der Waals surface area contributed by atoms with E-state index in [-0.39, 0.29) is 6.04 Å². The fraction of sp³-hybridized carbons (Fsp3) is 0.357. The van der Waals surface area contributed by atoms with Crippen LogP contribution in [-0.4, -0.2) is 72.4 Å². The van der Waals surface area contributed by atoms with Crippen molar-refractivity contribution in [3.05, 3.63) is 65.5 Å². The minimum absolute atomic E-state index is 0.0375. The molecule has 4 heterocycles. The van der Waals surface area contributed by atoms with Crippen LogP contribution in [0.4, 0.5) is 11.8 Å². The second-order valence-electron chi connectivity index (χ2n) is 9.60. The number of ether oxygens (including phenoxy) is 1. The van der Waals surface area contributed by atoms with E-state index in [0.717, 1.165) is 52.3 Å². The van der Waals surface area contributed by atoms with Crippen molar-refractivity contribution in [3.63, 3.8) is 0 Å². The van der Waals surface area contributed by atoms with Gasteiger partial charge in [-0.05, 0) is 37.1 Å². The third-order valence-corrected chi connectivity index (χ3v) is 7.32. The molecule has 2 saturated heterocycles. The Kier molecular flexibility index (Phi) is 6.21. The summed E-state index contributed by atoms with van der Waals surface area (Å²) in [6.45, 7) is 8.57. The molecule has 0 N–H and O–H groups in total. The SMILES string of the molecule is Cc1noc(C)c1-c1ccc2nc(N3CCN(C=O)CC3)nc(N3CCOC[C@@H]3c3ccccc3)c2c1. The number of hydrogen-bond acceptors (Lipinski definition) is 8. The fourth-order valence-electron chi connectivity index (χ4n) is 5.35. The molecule has 0 bridgehead atoms. The highest BCUT2D eigenvalue weighted by Gasteiger charge is 2.29. The summed E-state index contributed by atoms with van der Waals surface area (Å²) in [7, 11) is 0. The van der Waals surface area contributed by atoms with Crippen LogP contribution in [0, 0.1) is 13.8 Å². The highest BCUT2D eigenvalue weighted by molar-refractivity contribution is 5.94. The summed E-state index contributed by atoms with van der Waals surface area (Å²) in [6, 6.07) is 16.8. The molecule has 37 heavy (non-hydrogen) atoms. The van der Waals surface area contributed by atoms with Crippen LogP contribution in [0.5, 0.6) is 0 Å². The van der Waals surface area contributed by atoms with Crippen LogP contribution in [0.25, 0.3) is 22.0 Å². The highest BCUT2D eigenvalue weighted by Crippen LogP contribution is 2.37. The molecular formula is C28H30N6O3. The maximum absolute atomic E-state index is 11.2. The molecule has 0 saturated carbocycles. The number of benzene rings is 2. The maximum Gasteiger partial charge on any atom is 0.228 e. The van der Waals surface area contributed by atoms with Crippen LogP contribution >= 0.6 is 0 Å². The molecule has 0 aliphatic carbocycles. The van der Waals surface area contributed by atoms with Crippen molar-refractivity contribution < 1.29 is 14.1 Å². The van der Waals surface area contributed by atoms with Crippen LogP contribution in [0.3, 0.4) is 0 Å². The van der Waals surface area contributed by atoms with Crippen molar-refractivity contribution in [2.24, 2.45) is 0 Å². The van der Waals surface area contributed by atoms with Gasteiger partial charge in [0, 0.05) is 43.7 Å². The first-order valence-electron chi connectivity index (χ1n) is 12.7. The lowest BCUT2D eigenvalue weighted by Crippen LogP contribution is -2.46. The van der Waals surface area contributed by atoms with Gasteiger partial charge in [0.15, 0.2) is 0 Å². The normalized spacial score (nSPS) is 18.4. The number of nitrogens with zero attached hydrogens (tertiary/aromatic N) is 6. The standard InChI is InChI=1S/C28H30N6O3/c1-19-26(20(2)37-31-19)22-8-9-24-23(16-22)27(30-28(29-24)33-12-10-32(18-35)11-13-33)34-14-15-36-17-25(34)21-6-4-3-5-7-21/h3-9,16,18,25H,10-15,17H2,1-2H3/t25-/m1/s1. The third kappa shape index (κ3) is 4.40. The van der Waals surface area contributed by atoms with Gasteiger partial charge in [-0.1, -0.05) is 41.6 Å². The first-order chi connectivity index (χ1) is 18.1. The van der Waals surface area contributed by atoms with Crippen molar-refractivity contribution in [2.75, 3.05) is 55.7 Å². The minimum Gasteiger partial charge on any atom is -0.377 e. The van der Waals surface area contributed by atoms with E-state index in [1.54, 1.807) is 4.90 Å². The lowest BCUT2D eigenvalue weighted by molar-refractivity contribution is -0.118. The van der Waals surface area contributed by atoms with E-state index in [4.69, 9.17) is 19.2 Å². The molecule has 2 fully saturated rings. The van der Waals surface area contributed by atoms with Gasteiger partial charge in [0.1, 0.15) is 11.6 Å². The molecule has 0 spiro atoms. The summed E-state index contributed by atoms with van der Waals surface area (Å²) in [5.74, 6) is 2.37. The Labute approximate surface area is 215 Å². The predicted octanol–water partition coefficient (Wildman–Crippen LogP) is 3.76. The maximum atomic E-state index is 11.2. The minimum atomic E-state index is 0.0375. The van der Waals surface area contributed by atoms with E-state index in [1.807, 2.05) is 19.9 Å². The summed E-state index contributed by atoms with van der Waals surface area (Å²) in [4.78, 5) is 27.7. The Morgan fingerprint density at radius 2 is 1.78 bits per heavy atom. The van der Waals surface area contributed by atoms with Crippen molar-refractivity contribution >= 4 is 29.1 Å². The van der Waals surface area contributed by atoms with E-state index < -0.39 is 0 Å². The predicted molar refractivity (Wildman–Crippen MR) is 142 cm³/mol. The van der Waals surface area contributed by atoms with Gasteiger partial charge in [-0.2, -0.15) is 4.98 Å². The molecule has 1 amide bonds. The number of rotatable bonds is 5. The summed E-state index contributed by atoms with van der Waals surface area (Å²) < 4.78 is 11.4. The molecule has 9 heteroatoms. The van der Waals surface area contributed by atoms with E-state index in [9.17, 15) is 4.79 Å². The first kappa shape index (κ1) is 23.4. The Morgan fingerprint density at radius 1 is 0.973 bits per heavy atom. The average molecular weight is 499 g/mol. The number of piperazine rings is 1. The smallest absolute Gasteiger partial charge is 0.228 e. The number of carbonyl (C=O) groups is 1. The zero-order valence-corrected chi connectivity index (χ0v) is 21.1. The Balaban J connectivity index is 1.50. The lowest BCUT2D eigenvalue weighted by Gasteiger charge is -2.38. The molecule has 2 aliphatic rings. The van der Waals surface area contributed by atoms with Crippen molar-refractivity contribution in [1.29, 1.82) is 0 Å². The van der Waals surface area contributed by atoms with E-state index in [2.05, 4.69) is 57.4 Å². The fourth-order valence-corrected chi connectivity index (χ4v) is 5.35. The van der Waals surface area contributed by atoms with Gasteiger partial charge in [-0.15, -0.1) is 0 Å². The summed E-state index contributed by atoms with van der Waals surface area (Å²) in [5.41, 5.74) is 4.97. The molecule has 1 atom stereocenters. The van der Waals surface area contributed by atoms with Crippen LogP contribution in [0.1, 0.15) is 23.1 Å². The van der Waals surface area contributed by atoms with Crippen LogP contribution < -0.4 is 9.80 Å². The van der Waals surface area contributed by atoms with Gasteiger partial charge in [0.2, 0.25) is 12.4 Å². The number of morpholine rings is 1. The Morgan fingerprint density at radius 3 is 2.51 bits per heavy atom. The highest BCUT2D eigenvalue weighted by atomic mass is 16.5. The summed E-state index contributed by atoms with van der Waals surface area (Å²) in [5, 5.41) is 5.14. The van der Waals surface area contributed by atoms with E-state index in [1.165, 1.54) is 5.56 Å². The van der Waals surface area contributed by atoms with Crippen LogP contribution in [0.2, 0.25) is 0 Å². The zero-order valence-electron chi connectivity index (χ0n) is 21.1. The number of hydrogen-bond donors (Lipinski definition) is 0. The number of anilines is 2. The number of carbonyl (C=O) groups excluding carboxylic acids is 1. The molecule has 2 aromatic carbocycles. The van der Waals surface area contributed by atoms with E-state index in [0.29, 0.717) is 45.3 Å². The van der Waals surface area contributed by atoms with Crippen molar-refractivity contribution in [3.8, 4) is 11.1 Å². The number of aromatic nitrogens is 3. The molecule has 2 aromatic heterocycles. The van der Waals surface area contributed by atoms with Gasteiger partial charge in [-0.25, -0.2) is 4.98 Å². The average Bonchev–Trinajstić information content (AvgIpc) is 3.30. The molecule has 0 radical (unpaired) electrons. The molecule has 190 valence electrons. The van der Waals surface area contributed by atoms with Crippen LogP contribution in [-0.2, 0) is 9.53 Å². The van der Waals surface area contributed by atoms with Crippen LogP contribution in [0.15, 0.2) is 53.1 Å². The summed E-state index contributed by atoms with van der Waals surface area (Å²) >= 11 is 0. The van der Waals surface area contributed by atoms with Crippen molar-refractivity contribution in [2.45, 2.75) is 19.9 Å². The quantitative estimate of drug-likeness (QED) is 0.385. The summed E-state index contributed by atoms with van der Waals surface area (Å²) in [6.07, 6.45) is 0.915. The molecule has 0 unspecified atom stereocenters. The van der Waals surface area contributed by atoms with Gasteiger partial charge >= 0.3 is 0 Å². The third-order valence-electron chi connectivity index (χ3n) is 7.32. The van der Waals surface area contributed by atoms with Crippen molar-refractivity contribution in [1.82, 2.24) is 20.0 Å². The topological polar surface area (TPSA) is 87.8 Å². The molecular weight excluding hydrogens is 468 g/mol. The van der Waals surface area contributed by atoms with Gasteiger partial charge < -0.3 is 24.0 Å². The number of amides is 1. The van der Waals surface area contributed by atoms with Gasteiger partial charge in [-0.3, -0.25) is 4.79 Å². The lowest BCUT2D eigenvalue weighted by atomic mass is 10.0. The Bertz CT molecular complexity index is 1390. The van der Waals surface area contributed by atoms with Gasteiger partial charge in [0.25, 0.3) is 0 Å². The first-order valence-corrected chi connectivity index (χ1v) is 12.7. The number of aryl methyl sites for hydroxylation is 2. The van der Waals surface area contributed by atoms with Gasteiger partial charge in [0.05, 0.1) is 30.5 Å². The zero-order chi connectivity index (χ0) is 25.4. The molecule has 2 aliphatic heterocycles. The number of fused-ring (bicyclic) bond motifs is 1.